The SMILES string of the molecule is NC(=O)C1(C(=O)Nc2ccc(Oc3ccnc4[nH]c(C(=O)NCCO)cc34)cc2)CC1c1ccc(F)cc1. The molecule has 6 N–H and O–H groups in total. The number of anilines is 1. The number of amides is 3. The summed E-state index contributed by atoms with van der Waals surface area (Å²) in [5, 5.41) is 14.8. The average Bonchev–Trinajstić information content (AvgIpc) is 3.53. The standard InChI is InChI=1S/C27H24FN5O5/c28-16-3-1-15(2-4-16)20-14-27(20,25(29)36)26(37)32-17-5-7-18(8-6-17)38-22-9-10-30-23-19(22)13-21(33-23)24(35)31-11-12-34/h1-10,13,20,34H,11-12,14H2,(H2,29,36)(H,30,33)(H,31,35)(H,32,37). The molecule has 0 radical (unpaired) electrons. The van der Waals surface area contributed by atoms with Crippen molar-refractivity contribution < 1.29 is 28.6 Å². The number of benzene rings is 2. The van der Waals surface area contributed by atoms with Crippen molar-refractivity contribution in [3.8, 4) is 11.5 Å². The zero-order valence-corrected chi connectivity index (χ0v) is 20.0. The van der Waals surface area contributed by atoms with Crippen molar-refractivity contribution in [2.75, 3.05) is 18.5 Å². The lowest BCUT2D eigenvalue weighted by Crippen LogP contribution is -2.37. The molecule has 0 saturated heterocycles. The summed E-state index contributed by atoms with van der Waals surface area (Å²) >= 11 is 0. The van der Waals surface area contributed by atoms with Crippen molar-refractivity contribution >= 4 is 34.4 Å². The highest BCUT2D eigenvalue weighted by atomic mass is 19.1. The maximum Gasteiger partial charge on any atom is 0.267 e. The lowest BCUT2D eigenvalue weighted by atomic mass is 9.97. The Morgan fingerprint density at radius 1 is 1.13 bits per heavy atom. The number of rotatable bonds is 9. The zero-order chi connectivity index (χ0) is 26.9. The molecular weight excluding hydrogens is 493 g/mol. The molecule has 0 aliphatic heterocycles. The molecule has 2 unspecified atom stereocenters. The number of aliphatic hydroxyl groups excluding tert-OH is 1. The molecule has 11 heteroatoms. The second-order valence-corrected chi connectivity index (χ2v) is 8.96. The third-order valence-corrected chi connectivity index (χ3v) is 6.55. The number of hydrogen-bond donors (Lipinski definition) is 5. The Morgan fingerprint density at radius 2 is 1.87 bits per heavy atom. The number of hydrogen-bond acceptors (Lipinski definition) is 6. The molecule has 2 aromatic carbocycles. The monoisotopic (exact) mass is 517 g/mol. The Labute approximate surface area is 216 Å². The number of primary amides is 1. The topological polar surface area (TPSA) is 159 Å². The van der Waals surface area contributed by atoms with E-state index in [1.54, 1.807) is 48.5 Å². The van der Waals surface area contributed by atoms with Gasteiger partial charge in [0.15, 0.2) is 0 Å². The third kappa shape index (κ3) is 4.66. The van der Waals surface area contributed by atoms with Crippen molar-refractivity contribution in [2.24, 2.45) is 11.1 Å². The van der Waals surface area contributed by atoms with Crippen LogP contribution in [-0.4, -0.2) is 45.9 Å². The fraction of sp³-hybridized carbons (Fsp3) is 0.185. The van der Waals surface area contributed by atoms with E-state index in [0.717, 1.165) is 0 Å². The van der Waals surface area contributed by atoms with E-state index in [9.17, 15) is 18.8 Å². The fourth-order valence-corrected chi connectivity index (χ4v) is 4.45. The third-order valence-electron chi connectivity index (χ3n) is 6.55. The van der Waals surface area contributed by atoms with Gasteiger partial charge in [-0.15, -0.1) is 0 Å². The van der Waals surface area contributed by atoms with Gasteiger partial charge in [-0.2, -0.15) is 0 Å². The first-order chi connectivity index (χ1) is 18.3. The second-order valence-electron chi connectivity index (χ2n) is 8.96. The van der Waals surface area contributed by atoms with Gasteiger partial charge in [-0.3, -0.25) is 14.4 Å². The van der Waals surface area contributed by atoms with Crippen LogP contribution in [0, 0.1) is 11.2 Å². The lowest BCUT2D eigenvalue weighted by molar-refractivity contribution is -0.132. The van der Waals surface area contributed by atoms with Gasteiger partial charge in [0.05, 0.1) is 12.0 Å². The van der Waals surface area contributed by atoms with Crippen molar-refractivity contribution in [1.29, 1.82) is 0 Å². The van der Waals surface area contributed by atoms with Gasteiger partial charge in [0.1, 0.15) is 34.1 Å². The summed E-state index contributed by atoms with van der Waals surface area (Å²) in [7, 11) is 0. The van der Waals surface area contributed by atoms with Crippen LogP contribution in [0.4, 0.5) is 10.1 Å². The molecule has 1 aliphatic rings. The van der Waals surface area contributed by atoms with Crippen LogP contribution >= 0.6 is 0 Å². The van der Waals surface area contributed by atoms with Crippen LogP contribution in [0.2, 0.25) is 0 Å². The van der Waals surface area contributed by atoms with Crippen molar-refractivity contribution in [3.63, 3.8) is 0 Å². The number of nitrogens with two attached hydrogens (primary N) is 1. The molecule has 2 heterocycles. The molecule has 38 heavy (non-hydrogen) atoms. The number of nitrogens with zero attached hydrogens (tertiary/aromatic N) is 1. The lowest BCUT2D eigenvalue weighted by Gasteiger charge is -2.15. The molecule has 5 rings (SSSR count). The van der Waals surface area contributed by atoms with Gasteiger partial charge in [0, 0.05) is 24.3 Å². The van der Waals surface area contributed by atoms with E-state index in [-0.39, 0.29) is 31.2 Å². The van der Waals surface area contributed by atoms with Crippen molar-refractivity contribution in [3.05, 3.63) is 83.9 Å². The molecule has 2 atom stereocenters. The van der Waals surface area contributed by atoms with E-state index in [1.807, 2.05) is 0 Å². The molecular formula is C27H24FN5O5. The van der Waals surface area contributed by atoms with Gasteiger partial charge in [-0.1, -0.05) is 12.1 Å². The largest absolute Gasteiger partial charge is 0.457 e. The maximum atomic E-state index is 13.3. The van der Waals surface area contributed by atoms with Gasteiger partial charge in [0.2, 0.25) is 11.8 Å². The summed E-state index contributed by atoms with van der Waals surface area (Å²) in [6.45, 7) is -0.0469. The smallest absolute Gasteiger partial charge is 0.267 e. The van der Waals surface area contributed by atoms with Crippen LogP contribution in [-0.2, 0) is 9.59 Å². The molecule has 0 spiro atoms. The predicted octanol–water partition coefficient (Wildman–Crippen LogP) is 2.81. The normalized spacial score (nSPS) is 18.1. The Balaban J connectivity index is 1.28. The Morgan fingerprint density at radius 3 is 2.55 bits per heavy atom. The highest BCUT2D eigenvalue weighted by Gasteiger charge is 2.65. The van der Waals surface area contributed by atoms with Crippen LogP contribution < -0.4 is 21.1 Å². The van der Waals surface area contributed by atoms with E-state index < -0.39 is 29.0 Å². The molecule has 1 fully saturated rings. The molecule has 10 nitrogen and oxygen atoms in total. The fourth-order valence-electron chi connectivity index (χ4n) is 4.45. The first kappa shape index (κ1) is 24.9. The number of pyridine rings is 1. The summed E-state index contributed by atoms with van der Waals surface area (Å²) in [5.41, 5.74) is 6.06. The Kier molecular flexibility index (Phi) is 6.52. The van der Waals surface area contributed by atoms with Crippen LogP contribution in [0.1, 0.15) is 28.4 Å². The first-order valence-electron chi connectivity index (χ1n) is 11.8. The summed E-state index contributed by atoms with van der Waals surface area (Å²) in [5.74, 6) is -1.55. The van der Waals surface area contributed by atoms with E-state index in [4.69, 9.17) is 15.6 Å². The number of carbonyl (C=O) groups is 3. The number of carbonyl (C=O) groups excluding carboxylic acids is 3. The van der Waals surface area contributed by atoms with Crippen LogP contribution in [0.3, 0.4) is 0 Å². The van der Waals surface area contributed by atoms with Crippen molar-refractivity contribution in [1.82, 2.24) is 15.3 Å². The molecule has 3 amide bonds. The summed E-state index contributed by atoms with van der Waals surface area (Å²) < 4.78 is 19.3. The maximum absolute atomic E-state index is 13.3. The molecule has 1 saturated carbocycles. The van der Waals surface area contributed by atoms with Gasteiger partial charge in [-0.25, -0.2) is 9.37 Å². The number of H-pyrrole nitrogens is 1. The average molecular weight is 518 g/mol. The van der Waals surface area contributed by atoms with Gasteiger partial charge in [-0.05, 0) is 60.5 Å². The predicted molar refractivity (Wildman–Crippen MR) is 136 cm³/mol. The second kappa shape index (κ2) is 9.94. The molecule has 2 aromatic heterocycles. The molecule has 0 bridgehead atoms. The Bertz CT molecular complexity index is 1520. The molecule has 4 aromatic rings. The highest BCUT2D eigenvalue weighted by Crippen LogP contribution is 2.59. The number of aromatic amines is 1. The van der Waals surface area contributed by atoms with E-state index in [0.29, 0.717) is 33.8 Å². The van der Waals surface area contributed by atoms with Crippen molar-refractivity contribution in [2.45, 2.75) is 12.3 Å². The minimum atomic E-state index is -1.40. The van der Waals surface area contributed by atoms with E-state index in [1.165, 1.54) is 18.3 Å². The molecule has 1 aliphatic carbocycles. The molecule has 194 valence electrons. The highest BCUT2D eigenvalue weighted by molar-refractivity contribution is 6.14. The van der Waals surface area contributed by atoms with Gasteiger partial charge < -0.3 is 31.2 Å². The number of ether oxygens (including phenoxy) is 1. The van der Waals surface area contributed by atoms with E-state index >= 15 is 0 Å². The number of nitrogens with one attached hydrogen (secondary N) is 3. The summed E-state index contributed by atoms with van der Waals surface area (Å²) in [4.78, 5) is 44.6. The van der Waals surface area contributed by atoms with Gasteiger partial charge >= 0.3 is 0 Å². The van der Waals surface area contributed by atoms with Crippen LogP contribution in [0.25, 0.3) is 11.0 Å². The summed E-state index contributed by atoms with van der Waals surface area (Å²) in [6.07, 6.45) is 1.78. The quantitative estimate of drug-likeness (QED) is 0.215. The number of aromatic nitrogens is 2. The van der Waals surface area contributed by atoms with Gasteiger partial charge in [0.25, 0.3) is 5.91 Å². The Hall–Kier alpha value is -4.77. The van der Waals surface area contributed by atoms with E-state index in [2.05, 4.69) is 20.6 Å². The zero-order valence-electron chi connectivity index (χ0n) is 20.0. The van der Waals surface area contributed by atoms with Crippen LogP contribution in [0.5, 0.6) is 11.5 Å². The minimum Gasteiger partial charge on any atom is -0.457 e. The number of fused-ring (bicyclic) bond motifs is 1. The van der Waals surface area contributed by atoms with Crippen LogP contribution in [0.15, 0.2) is 66.9 Å². The minimum absolute atomic E-state index is 0.126. The first-order valence-corrected chi connectivity index (χ1v) is 11.8. The number of halogens is 1. The summed E-state index contributed by atoms with van der Waals surface area (Å²) in [6, 6.07) is 15.5. The number of aliphatic hydroxyl groups is 1.